The zero-order valence-electron chi connectivity index (χ0n) is 17.5. The average molecular weight is 396 g/mol. The maximum Gasteiger partial charge on any atom is 0.254 e. The first-order valence-corrected chi connectivity index (χ1v) is 9.83. The van der Waals surface area contributed by atoms with Crippen molar-refractivity contribution in [2.45, 2.75) is 40.2 Å². The number of piperazine rings is 1. The van der Waals surface area contributed by atoms with E-state index in [4.69, 9.17) is 4.52 Å². The Hall–Kier alpha value is -2.96. The normalized spacial score (nSPS) is 17.3. The van der Waals surface area contributed by atoms with Crippen LogP contribution in [0.2, 0.25) is 0 Å². The molecule has 0 unspecified atom stereocenters. The number of nitrogens with zero attached hydrogens (tertiary/aromatic N) is 4. The van der Waals surface area contributed by atoms with E-state index in [-0.39, 0.29) is 23.3 Å². The van der Waals surface area contributed by atoms with Crippen LogP contribution in [0.1, 0.15) is 43.9 Å². The Morgan fingerprint density at radius 2 is 2.07 bits per heavy atom. The van der Waals surface area contributed by atoms with E-state index in [9.17, 15) is 9.59 Å². The third-order valence-corrected chi connectivity index (χ3v) is 4.89. The molecular weight excluding hydrogens is 368 g/mol. The van der Waals surface area contributed by atoms with E-state index in [0.29, 0.717) is 43.3 Å². The summed E-state index contributed by atoms with van der Waals surface area (Å²) in [5.41, 5.74) is 1.36. The Kier molecular flexibility index (Phi) is 5.86. The van der Waals surface area contributed by atoms with Crippen LogP contribution in [0, 0.1) is 5.41 Å². The van der Waals surface area contributed by atoms with Crippen molar-refractivity contribution in [3.63, 3.8) is 0 Å². The molecule has 7 heteroatoms. The Balaban J connectivity index is 1.75. The van der Waals surface area contributed by atoms with E-state index in [0.717, 1.165) is 5.56 Å². The van der Waals surface area contributed by atoms with Crippen molar-refractivity contribution >= 4 is 11.8 Å². The second-order valence-corrected chi connectivity index (χ2v) is 8.67. The van der Waals surface area contributed by atoms with Gasteiger partial charge in [-0.25, -0.2) is 0 Å². The number of aromatic nitrogens is 2. The largest absolute Gasteiger partial charge is 0.339 e. The molecule has 7 nitrogen and oxygen atoms in total. The number of rotatable bonds is 4. The summed E-state index contributed by atoms with van der Waals surface area (Å²) in [4.78, 5) is 32.9. The molecule has 1 aromatic heterocycles. The van der Waals surface area contributed by atoms with Crippen LogP contribution in [0.25, 0.3) is 11.4 Å². The first-order valence-electron chi connectivity index (χ1n) is 9.83. The summed E-state index contributed by atoms with van der Waals surface area (Å²) in [7, 11) is 0. The van der Waals surface area contributed by atoms with E-state index in [2.05, 4.69) is 37.5 Å². The van der Waals surface area contributed by atoms with Crippen LogP contribution in [0.4, 0.5) is 0 Å². The third-order valence-electron chi connectivity index (χ3n) is 4.89. The fraction of sp³-hybridized carbons (Fsp3) is 0.455. The molecule has 1 aliphatic rings. The predicted molar refractivity (Wildman–Crippen MR) is 110 cm³/mol. The van der Waals surface area contributed by atoms with Gasteiger partial charge in [-0.15, -0.1) is 0 Å². The maximum absolute atomic E-state index is 13.1. The molecule has 154 valence electrons. The van der Waals surface area contributed by atoms with Crippen molar-refractivity contribution in [2.75, 3.05) is 19.6 Å². The Morgan fingerprint density at radius 1 is 1.31 bits per heavy atom. The minimum absolute atomic E-state index is 0.0485. The van der Waals surface area contributed by atoms with Crippen molar-refractivity contribution in [3.8, 4) is 11.4 Å². The van der Waals surface area contributed by atoms with Gasteiger partial charge in [0.2, 0.25) is 17.6 Å². The van der Waals surface area contributed by atoms with Crippen molar-refractivity contribution in [1.29, 1.82) is 0 Å². The summed E-state index contributed by atoms with van der Waals surface area (Å²) in [6.07, 6.45) is 2.00. The lowest BCUT2D eigenvalue weighted by Gasteiger charge is -2.39. The summed E-state index contributed by atoms with van der Waals surface area (Å²) in [6, 6.07) is 7.20. The molecule has 0 aliphatic carbocycles. The molecule has 0 radical (unpaired) electrons. The molecule has 3 rings (SSSR count). The van der Waals surface area contributed by atoms with Gasteiger partial charge in [0.15, 0.2) is 0 Å². The molecule has 2 aromatic rings. The van der Waals surface area contributed by atoms with Gasteiger partial charge >= 0.3 is 0 Å². The van der Waals surface area contributed by atoms with Gasteiger partial charge in [-0.2, -0.15) is 4.98 Å². The van der Waals surface area contributed by atoms with Gasteiger partial charge in [0.05, 0.1) is 0 Å². The molecular formula is C22H28N4O3. The van der Waals surface area contributed by atoms with E-state index < -0.39 is 0 Å². The van der Waals surface area contributed by atoms with Crippen LogP contribution in [0.15, 0.2) is 41.4 Å². The van der Waals surface area contributed by atoms with E-state index in [1.165, 1.54) is 6.08 Å². The number of benzene rings is 1. The second kappa shape index (κ2) is 8.19. The minimum atomic E-state index is -0.103. The highest BCUT2D eigenvalue weighted by molar-refractivity contribution is 5.96. The molecule has 2 heterocycles. The minimum Gasteiger partial charge on any atom is -0.339 e. The summed E-state index contributed by atoms with van der Waals surface area (Å²) < 4.78 is 5.37. The summed E-state index contributed by atoms with van der Waals surface area (Å²) >= 11 is 0. The molecule has 0 N–H and O–H groups in total. The lowest BCUT2D eigenvalue weighted by Crippen LogP contribution is -2.55. The van der Waals surface area contributed by atoms with Crippen molar-refractivity contribution in [3.05, 3.63) is 48.4 Å². The van der Waals surface area contributed by atoms with Gasteiger partial charge < -0.3 is 14.3 Å². The maximum atomic E-state index is 13.1. The third kappa shape index (κ3) is 4.91. The zero-order chi connectivity index (χ0) is 21.2. The van der Waals surface area contributed by atoms with Crippen LogP contribution in [-0.4, -0.2) is 57.4 Å². The smallest absolute Gasteiger partial charge is 0.254 e. The molecule has 0 bridgehead atoms. The van der Waals surface area contributed by atoms with Gasteiger partial charge in [-0.05, 0) is 30.5 Å². The molecule has 2 amide bonds. The number of carbonyl (C=O) groups excluding carboxylic acids is 2. The average Bonchev–Trinajstić information content (AvgIpc) is 3.13. The van der Waals surface area contributed by atoms with E-state index in [1.54, 1.807) is 21.9 Å². The lowest BCUT2D eigenvalue weighted by molar-refractivity contribution is -0.128. The predicted octanol–water partition coefficient (Wildman–Crippen LogP) is 3.18. The quantitative estimate of drug-likeness (QED) is 0.742. The topological polar surface area (TPSA) is 79.5 Å². The zero-order valence-corrected chi connectivity index (χ0v) is 17.5. The van der Waals surface area contributed by atoms with Gasteiger partial charge in [0, 0.05) is 43.2 Å². The fourth-order valence-electron chi connectivity index (χ4n) is 3.44. The van der Waals surface area contributed by atoms with Crippen LogP contribution in [0.5, 0.6) is 0 Å². The molecule has 1 fully saturated rings. The monoisotopic (exact) mass is 396 g/mol. The molecule has 1 atom stereocenters. The summed E-state index contributed by atoms with van der Waals surface area (Å²) in [5, 5.41) is 4.07. The van der Waals surface area contributed by atoms with Crippen molar-refractivity contribution in [2.24, 2.45) is 5.41 Å². The van der Waals surface area contributed by atoms with Crippen LogP contribution in [-0.2, 0) is 11.2 Å². The molecule has 1 aromatic carbocycles. The first-order chi connectivity index (χ1) is 13.7. The molecule has 0 spiro atoms. The van der Waals surface area contributed by atoms with Crippen LogP contribution in [0.3, 0.4) is 0 Å². The highest BCUT2D eigenvalue weighted by Crippen LogP contribution is 2.23. The Morgan fingerprint density at radius 3 is 2.72 bits per heavy atom. The summed E-state index contributed by atoms with van der Waals surface area (Å²) in [5.74, 6) is 0.895. The first kappa shape index (κ1) is 20.8. The number of hydrogen-bond acceptors (Lipinski definition) is 5. The van der Waals surface area contributed by atoms with E-state index >= 15 is 0 Å². The van der Waals surface area contributed by atoms with Gasteiger partial charge in [-0.1, -0.05) is 44.6 Å². The van der Waals surface area contributed by atoms with Gasteiger partial charge in [0.1, 0.15) is 0 Å². The summed E-state index contributed by atoms with van der Waals surface area (Å²) in [6.45, 7) is 13.3. The number of amides is 2. The highest BCUT2D eigenvalue weighted by atomic mass is 16.5. The van der Waals surface area contributed by atoms with Crippen molar-refractivity contribution < 1.29 is 14.1 Å². The van der Waals surface area contributed by atoms with Gasteiger partial charge in [-0.3, -0.25) is 9.59 Å². The molecule has 0 saturated carbocycles. The van der Waals surface area contributed by atoms with Gasteiger partial charge in [0.25, 0.3) is 5.91 Å². The highest BCUT2D eigenvalue weighted by Gasteiger charge is 2.29. The molecule has 1 aliphatic heterocycles. The second-order valence-electron chi connectivity index (χ2n) is 8.67. The van der Waals surface area contributed by atoms with E-state index in [1.807, 2.05) is 19.1 Å². The number of carbonyl (C=O) groups is 2. The fourth-order valence-corrected chi connectivity index (χ4v) is 3.44. The Labute approximate surface area is 171 Å². The van der Waals surface area contributed by atoms with Crippen LogP contribution >= 0.6 is 0 Å². The lowest BCUT2D eigenvalue weighted by atomic mass is 9.92. The number of hydrogen-bond donors (Lipinski definition) is 0. The SMILES string of the molecule is C=CC(=O)N1CCN(C(=O)c2cccc(-c3noc(CC(C)(C)C)n3)c2)[C@@H](C)C1. The molecule has 1 saturated heterocycles. The standard InChI is InChI=1S/C22H28N4O3/c1-6-19(27)25-10-11-26(15(2)14-25)21(28)17-9-7-8-16(12-17)20-23-18(29-24-20)13-22(3,4)5/h6-9,12,15H,1,10-11,13-14H2,2-5H3/t15-/m0/s1. The van der Waals surface area contributed by atoms with Crippen LogP contribution < -0.4 is 0 Å². The molecule has 29 heavy (non-hydrogen) atoms. The Bertz CT molecular complexity index is 913. The van der Waals surface area contributed by atoms with Crippen molar-refractivity contribution in [1.82, 2.24) is 19.9 Å².